The Morgan fingerprint density at radius 3 is 2.83 bits per heavy atom. The largest absolute Gasteiger partial charge is 0.338 e. The summed E-state index contributed by atoms with van der Waals surface area (Å²) in [6.45, 7) is 3.15. The molecular formula is C13H14BrF2NO. The van der Waals surface area contributed by atoms with Crippen molar-refractivity contribution in [2.75, 3.05) is 13.1 Å². The predicted molar refractivity (Wildman–Crippen MR) is 68.8 cm³/mol. The average Bonchev–Trinajstić information content (AvgIpc) is 2.35. The molecular weight excluding hydrogens is 304 g/mol. The number of benzene rings is 1. The fourth-order valence-corrected chi connectivity index (χ4v) is 2.51. The van der Waals surface area contributed by atoms with E-state index in [4.69, 9.17) is 0 Å². The van der Waals surface area contributed by atoms with Crippen LogP contribution in [0, 0.1) is 17.6 Å². The highest BCUT2D eigenvalue weighted by Gasteiger charge is 2.29. The van der Waals surface area contributed by atoms with Gasteiger partial charge in [0.15, 0.2) is 11.6 Å². The van der Waals surface area contributed by atoms with Crippen LogP contribution >= 0.6 is 15.9 Å². The summed E-state index contributed by atoms with van der Waals surface area (Å²) in [5.41, 5.74) is -0.185. The maximum absolute atomic E-state index is 13.5. The van der Waals surface area contributed by atoms with E-state index in [1.165, 1.54) is 12.1 Å². The van der Waals surface area contributed by atoms with Gasteiger partial charge in [-0.25, -0.2) is 8.78 Å². The molecule has 1 heterocycles. The molecule has 2 rings (SSSR count). The maximum atomic E-state index is 13.5. The molecule has 0 aromatic heterocycles. The number of carbonyl (C=O) groups is 1. The van der Waals surface area contributed by atoms with Crippen molar-refractivity contribution in [3.63, 3.8) is 0 Å². The van der Waals surface area contributed by atoms with Crippen LogP contribution in [-0.2, 0) is 0 Å². The van der Waals surface area contributed by atoms with Gasteiger partial charge in [-0.15, -0.1) is 0 Å². The first-order valence-corrected chi connectivity index (χ1v) is 6.79. The molecule has 0 bridgehead atoms. The van der Waals surface area contributed by atoms with Crippen LogP contribution in [0.4, 0.5) is 8.78 Å². The number of hydrogen-bond donors (Lipinski definition) is 0. The molecule has 1 aromatic carbocycles. The fourth-order valence-electron chi connectivity index (χ4n) is 2.14. The quantitative estimate of drug-likeness (QED) is 0.728. The Morgan fingerprint density at radius 2 is 2.17 bits per heavy atom. The number of nitrogens with zero attached hydrogens (tertiary/aromatic N) is 1. The van der Waals surface area contributed by atoms with Gasteiger partial charge in [-0.05, 0) is 24.5 Å². The third kappa shape index (κ3) is 2.55. The van der Waals surface area contributed by atoms with Gasteiger partial charge in [0.1, 0.15) is 0 Å². The summed E-state index contributed by atoms with van der Waals surface area (Å²) in [5.74, 6) is -2.17. The Morgan fingerprint density at radius 1 is 1.44 bits per heavy atom. The van der Waals surface area contributed by atoms with Gasteiger partial charge in [-0.2, -0.15) is 0 Å². The summed E-state index contributed by atoms with van der Waals surface area (Å²) in [6, 6.07) is 3.69. The van der Waals surface area contributed by atoms with Crippen molar-refractivity contribution in [3.05, 3.63) is 35.4 Å². The minimum atomic E-state index is -1.06. The zero-order valence-electron chi connectivity index (χ0n) is 10.00. The third-order valence-corrected chi connectivity index (χ3v) is 4.63. The molecule has 98 valence electrons. The van der Waals surface area contributed by atoms with E-state index in [0.29, 0.717) is 23.8 Å². The lowest BCUT2D eigenvalue weighted by molar-refractivity contribution is 0.0684. The molecule has 1 saturated heterocycles. The van der Waals surface area contributed by atoms with Crippen molar-refractivity contribution in [1.82, 2.24) is 4.90 Å². The first-order valence-electron chi connectivity index (χ1n) is 5.88. The van der Waals surface area contributed by atoms with Crippen molar-refractivity contribution in [2.24, 2.45) is 5.92 Å². The Kier molecular flexibility index (Phi) is 4.00. The van der Waals surface area contributed by atoms with Crippen LogP contribution in [0.5, 0.6) is 0 Å². The smallest absolute Gasteiger partial charge is 0.256 e. The molecule has 0 aliphatic carbocycles. The Balaban J connectivity index is 2.19. The lowest BCUT2D eigenvalue weighted by Crippen LogP contribution is -2.43. The summed E-state index contributed by atoms with van der Waals surface area (Å²) in [4.78, 5) is 14.1. The highest BCUT2D eigenvalue weighted by molar-refractivity contribution is 9.09. The molecule has 0 saturated carbocycles. The first-order chi connectivity index (χ1) is 8.50. The van der Waals surface area contributed by atoms with Crippen molar-refractivity contribution in [2.45, 2.75) is 18.2 Å². The summed E-state index contributed by atoms with van der Waals surface area (Å²) < 4.78 is 26.6. The van der Waals surface area contributed by atoms with E-state index in [1.54, 1.807) is 4.90 Å². The second kappa shape index (κ2) is 5.34. The fraction of sp³-hybridized carbons (Fsp3) is 0.462. The molecule has 18 heavy (non-hydrogen) atoms. The second-order valence-electron chi connectivity index (χ2n) is 4.63. The molecule has 0 N–H and O–H groups in total. The van der Waals surface area contributed by atoms with Gasteiger partial charge >= 0.3 is 0 Å². The zero-order chi connectivity index (χ0) is 13.3. The van der Waals surface area contributed by atoms with Crippen LogP contribution in [-0.4, -0.2) is 28.7 Å². The number of carbonyl (C=O) groups excluding carboxylic acids is 1. The molecule has 2 nitrogen and oxygen atoms in total. The van der Waals surface area contributed by atoms with Crippen LogP contribution in [0.2, 0.25) is 0 Å². The maximum Gasteiger partial charge on any atom is 0.256 e. The van der Waals surface area contributed by atoms with Crippen LogP contribution < -0.4 is 0 Å². The monoisotopic (exact) mass is 317 g/mol. The van der Waals surface area contributed by atoms with E-state index < -0.39 is 17.5 Å². The van der Waals surface area contributed by atoms with Crippen molar-refractivity contribution >= 4 is 21.8 Å². The predicted octanol–water partition coefficient (Wildman–Crippen LogP) is 3.21. The minimum Gasteiger partial charge on any atom is -0.338 e. The highest BCUT2D eigenvalue weighted by Crippen LogP contribution is 2.25. The van der Waals surface area contributed by atoms with Gasteiger partial charge in [0.2, 0.25) is 0 Å². The van der Waals surface area contributed by atoms with E-state index in [2.05, 4.69) is 15.9 Å². The SMILES string of the molecule is CC1CN(C(=O)c2cccc(F)c2F)CCC1Br. The summed E-state index contributed by atoms with van der Waals surface area (Å²) in [7, 11) is 0. The first kappa shape index (κ1) is 13.5. The van der Waals surface area contributed by atoms with Gasteiger partial charge in [-0.3, -0.25) is 4.79 Å². The number of piperidine rings is 1. The van der Waals surface area contributed by atoms with Crippen LogP contribution in [0.1, 0.15) is 23.7 Å². The molecule has 1 aliphatic rings. The number of hydrogen-bond acceptors (Lipinski definition) is 1. The van der Waals surface area contributed by atoms with E-state index >= 15 is 0 Å². The van der Waals surface area contributed by atoms with Gasteiger partial charge in [0.05, 0.1) is 5.56 Å². The van der Waals surface area contributed by atoms with Crippen molar-refractivity contribution in [1.29, 1.82) is 0 Å². The van der Waals surface area contributed by atoms with E-state index in [-0.39, 0.29) is 5.56 Å². The molecule has 0 spiro atoms. The molecule has 1 fully saturated rings. The zero-order valence-corrected chi connectivity index (χ0v) is 11.6. The summed E-state index contributed by atoms with van der Waals surface area (Å²) in [5, 5.41) is 0. The standard InChI is InChI=1S/C13H14BrF2NO/c1-8-7-17(6-5-10(8)14)13(18)9-3-2-4-11(15)12(9)16/h2-4,8,10H,5-7H2,1H3. The van der Waals surface area contributed by atoms with Gasteiger partial charge < -0.3 is 4.90 Å². The normalized spacial score (nSPS) is 24.1. The molecule has 1 aliphatic heterocycles. The Labute approximate surface area is 113 Å². The lowest BCUT2D eigenvalue weighted by atomic mass is 9.99. The van der Waals surface area contributed by atoms with Crippen LogP contribution in [0.15, 0.2) is 18.2 Å². The van der Waals surface area contributed by atoms with E-state index in [1.807, 2.05) is 6.92 Å². The van der Waals surface area contributed by atoms with Gasteiger partial charge in [0, 0.05) is 17.9 Å². The number of rotatable bonds is 1. The summed E-state index contributed by atoms with van der Waals surface area (Å²) >= 11 is 3.54. The molecule has 0 radical (unpaired) electrons. The summed E-state index contributed by atoms with van der Waals surface area (Å²) in [6.07, 6.45) is 0.823. The topological polar surface area (TPSA) is 20.3 Å². The second-order valence-corrected chi connectivity index (χ2v) is 5.81. The number of likely N-dealkylation sites (tertiary alicyclic amines) is 1. The average molecular weight is 318 g/mol. The molecule has 2 atom stereocenters. The van der Waals surface area contributed by atoms with Gasteiger partial charge in [-0.1, -0.05) is 28.9 Å². The number of amides is 1. The third-order valence-electron chi connectivity index (χ3n) is 3.27. The Bertz CT molecular complexity index is 466. The number of alkyl halides is 1. The lowest BCUT2D eigenvalue weighted by Gasteiger charge is -2.34. The molecule has 1 aromatic rings. The van der Waals surface area contributed by atoms with Crippen molar-refractivity contribution < 1.29 is 13.6 Å². The van der Waals surface area contributed by atoms with Crippen LogP contribution in [0.3, 0.4) is 0 Å². The minimum absolute atomic E-state index is 0.185. The molecule has 2 unspecified atom stereocenters. The molecule has 1 amide bonds. The van der Waals surface area contributed by atoms with E-state index in [9.17, 15) is 13.6 Å². The van der Waals surface area contributed by atoms with Crippen molar-refractivity contribution in [3.8, 4) is 0 Å². The Hall–Kier alpha value is -0.970. The number of halogens is 3. The highest BCUT2D eigenvalue weighted by atomic mass is 79.9. The van der Waals surface area contributed by atoms with Gasteiger partial charge in [0.25, 0.3) is 5.91 Å². The van der Waals surface area contributed by atoms with E-state index in [0.717, 1.165) is 12.5 Å². The van der Waals surface area contributed by atoms with Crippen LogP contribution in [0.25, 0.3) is 0 Å². The molecule has 5 heteroatoms.